The molecular weight excluding hydrogens is 326 g/mol. The summed E-state index contributed by atoms with van der Waals surface area (Å²) in [5, 5.41) is 13.8. The summed E-state index contributed by atoms with van der Waals surface area (Å²) >= 11 is 0. The van der Waals surface area contributed by atoms with E-state index in [0.29, 0.717) is 19.4 Å². The number of nitro benzene ring substituents is 1. The normalized spacial score (nSPS) is 14.9. The molecule has 1 aromatic rings. The Morgan fingerprint density at radius 3 is 2.80 bits per heavy atom. The number of hydrogen-bond donors (Lipinski definition) is 1. The first-order valence-electron chi connectivity index (χ1n) is 8.60. The monoisotopic (exact) mass is 351 g/mol. The second kappa shape index (κ2) is 10.6. The Labute approximate surface area is 147 Å². The molecule has 25 heavy (non-hydrogen) atoms. The van der Waals surface area contributed by atoms with Crippen LogP contribution in [0.4, 0.5) is 5.69 Å². The van der Waals surface area contributed by atoms with Crippen molar-refractivity contribution in [2.75, 3.05) is 46.0 Å². The Kier molecular flexibility index (Phi) is 8.14. The van der Waals surface area contributed by atoms with Crippen LogP contribution in [0.15, 0.2) is 24.3 Å². The standard InChI is InChI=1S/C17H25N3O5/c21-17(18-8-4-9-19-10-13-24-14-11-19)7-3-12-25-16-6-2-1-5-15(16)20(22)23/h1-2,5-6H,3-4,7-14H2,(H,18,21). The molecule has 0 unspecified atom stereocenters. The first kappa shape index (κ1) is 19.1. The third-order valence-corrected chi connectivity index (χ3v) is 3.94. The zero-order chi connectivity index (χ0) is 17.9. The van der Waals surface area contributed by atoms with Gasteiger partial charge < -0.3 is 14.8 Å². The SMILES string of the molecule is O=C(CCCOc1ccccc1[N+](=O)[O-])NCCCN1CCOCC1. The number of para-hydroxylation sites is 2. The Morgan fingerprint density at radius 1 is 1.28 bits per heavy atom. The van der Waals surface area contributed by atoms with E-state index in [9.17, 15) is 14.9 Å². The topological polar surface area (TPSA) is 93.9 Å². The van der Waals surface area contributed by atoms with Gasteiger partial charge in [0.25, 0.3) is 0 Å². The van der Waals surface area contributed by atoms with Crippen LogP contribution in [0.25, 0.3) is 0 Å². The van der Waals surface area contributed by atoms with Crippen molar-refractivity contribution in [3.8, 4) is 5.75 Å². The molecule has 0 bridgehead atoms. The van der Waals surface area contributed by atoms with Crippen molar-refractivity contribution in [1.29, 1.82) is 0 Å². The van der Waals surface area contributed by atoms with Crippen LogP contribution in [-0.2, 0) is 9.53 Å². The molecule has 8 nitrogen and oxygen atoms in total. The van der Waals surface area contributed by atoms with E-state index in [2.05, 4.69) is 10.2 Å². The molecule has 1 aliphatic rings. The summed E-state index contributed by atoms with van der Waals surface area (Å²) in [4.78, 5) is 24.5. The lowest BCUT2D eigenvalue weighted by molar-refractivity contribution is -0.385. The van der Waals surface area contributed by atoms with Gasteiger partial charge in [0, 0.05) is 32.1 Å². The number of morpholine rings is 1. The lowest BCUT2D eigenvalue weighted by Crippen LogP contribution is -2.38. The molecule has 1 saturated heterocycles. The van der Waals surface area contributed by atoms with Gasteiger partial charge >= 0.3 is 5.69 Å². The summed E-state index contributed by atoms with van der Waals surface area (Å²) in [6.45, 7) is 5.36. The highest BCUT2D eigenvalue weighted by atomic mass is 16.6. The number of hydrogen-bond acceptors (Lipinski definition) is 6. The van der Waals surface area contributed by atoms with Crippen LogP contribution in [0.5, 0.6) is 5.75 Å². The van der Waals surface area contributed by atoms with E-state index < -0.39 is 4.92 Å². The lowest BCUT2D eigenvalue weighted by atomic mass is 10.3. The molecule has 0 aromatic heterocycles. The third kappa shape index (κ3) is 7.06. The maximum Gasteiger partial charge on any atom is 0.310 e. The molecule has 0 aliphatic carbocycles. The minimum absolute atomic E-state index is 0.0202. The summed E-state index contributed by atoms with van der Waals surface area (Å²) in [6, 6.07) is 6.24. The van der Waals surface area contributed by atoms with Gasteiger partial charge in [-0.15, -0.1) is 0 Å². The number of amides is 1. The van der Waals surface area contributed by atoms with Crippen LogP contribution in [0.1, 0.15) is 19.3 Å². The van der Waals surface area contributed by atoms with Crippen molar-refractivity contribution in [2.24, 2.45) is 0 Å². The van der Waals surface area contributed by atoms with Crippen molar-refractivity contribution in [2.45, 2.75) is 19.3 Å². The number of rotatable bonds is 10. The quantitative estimate of drug-likeness (QED) is 0.391. The molecular formula is C17H25N3O5. The fraction of sp³-hybridized carbons (Fsp3) is 0.588. The molecule has 0 saturated carbocycles. The van der Waals surface area contributed by atoms with Crippen LogP contribution in [0.3, 0.4) is 0 Å². The summed E-state index contributed by atoms with van der Waals surface area (Å²) in [6.07, 6.45) is 1.78. The van der Waals surface area contributed by atoms with Crippen molar-refractivity contribution >= 4 is 11.6 Å². The molecule has 2 rings (SSSR count). The van der Waals surface area contributed by atoms with Crippen molar-refractivity contribution in [1.82, 2.24) is 10.2 Å². The summed E-state index contributed by atoms with van der Waals surface area (Å²) in [7, 11) is 0. The summed E-state index contributed by atoms with van der Waals surface area (Å²) in [5.41, 5.74) is -0.0601. The van der Waals surface area contributed by atoms with Crippen LogP contribution >= 0.6 is 0 Å². The van der Waals surface area contributed by atoms with Gasteiger partial charge in [-0.05, 0) is 25.5 Å². The average Bonchev–Trinajstić information content (AvgIpc) is 2.63. The Bertz CT molecular complexity index is 561. The fourth-order valence-corrected chi connectivity index (χ4v) is 2.59. The molecule has 138 valence electrons. The zero-order valence-electron chi connectivity index (χ0n) is 14.3. The van der Waals surface area contributed by atoms with Crippen LogP contribution in [-0.4, -0.2) is 61.7 Å². The zero-order valence-corrected chi connectivity index (χ0v) is 14.3. The van der Waals surface area contributed by atoms with Gasteiger partial charge in [-0.25, -0.2) is 0 Å². The van der Waals surface area contributed by atoms with Crippen molar-refractivity contribution in [3.05, 3.63) is 34.4 Å². The van der Waals surface area contributed by atoms with Crippen LogP contribution < -0.4 is 10.1 Å². The van der Waals surface area contributed by atoms with E-state index in [1.165, 1.54) is 6.07 Å². The minimum atomic E-state index is -0.476. The molecule has 1 fully saturated rings. The van der Waals surface area contributed by atoms with Gasteiger partial charge in [-0.1, -0.05) is 12.1 Å². The van der Waals surface area contributed by atoms with E-state index in [1.807, 2.05) is 0 Å². The number of nitro groups is 1. The Hall–Kier alpha value is -2.19. The molecule has 1 N–H and O–H groups in total. The van der Waals surface area contributed by atoms with Gasteiger partial charge in [0.2, 0.25) is 5.91 Å². The van der Waals surface area contributed by atoms with Gasteiger partial charge in [0.15, 0.2) is 5.75 Å². The smallest absolute Gasteiger partial charge is 0.310 e. The average molecular weight is 351 g/mol. The third-order valence-electron chi connectivity index (χ3n) is 3.94. The second-order valence-corrected chi connectivity index (χ2v) is 5.83. The minimum Gasteiger partial charge on any atom is -0.487 e. The highest BCUT2D eigenvalue weighted by Crippen LogP contribution is 2.25. The molecule has 0 spiro atoms. The number of nitrogens with one attached hydrogen (secondary N) is 1. The molecule has 0 radical (unpaired) electrons. The second-order valence-electron chi connectivity index (χ2n) is 5.83. The van der Waals surface area contributed by atoms with Crippen LogP contribution in [0, 0.1) is 10.1 Å². The number of nitrogens with zero attached hydrogens (tertiary/aromatic N) is 2. The van der Waals surface area contributed by atoms with E-state index >= 15 is 0 Å². The highest BCUT2D eigenvalue weighted by molar-refractivity contribution is 5.75. The molecule has 1 aromatic carbocycles. The largest absolute Gasteiger partial charge is 0.487 e. The summed E-state index contributed by atoms with van der Waals surface area (Å²) in [5.74, 6) is 0.214. The van der Waals surface area contributed by atoms with E-state index in [0.717, 1.165) is 39.3 Å². The molecule has 8 heteroatoms. The van der Waals surface area contributed by atoms with Gasteiger partial charge in [0.05, 0.1) is 24.7 Å². The maximum atomic E-state index is 11.8. The Morgan fingerprint density at radius 2 is 2.04 bits per heavy atom. The predicted octanol–water partition coefficient (Wildman–Crippen LogP) is 1.59. The first-order valence-corrected chi connectivity index (χ1v) is 8.60. The summed E-state index contributed by atoms with van der Waals surface area (Å²) < 4.78 is 10.7. The molecule has 1 amide bonds. The van der Waals surface area contributed by atoms with E-state index in [4.69, 9.17) is 9.47 Å². The van der Waals surface area contributed by atoms with Crippen molar-refractivity contribution < 1.29 is 19.2 Å². The highest BCUT2D eigenvalue weighted by Gasteiger charge is 2.13. The van der Waals surface area contributed by atoms with Gasteiger partial charge in [0.1, 0.15) is 0 Å². The van der Waals surface area contributed by atoms with Crippen LogP contribution in [0.2, 0.25) is 0 Å². The lowest BCUT2D eigenvalue weighted by Gasteiger charge is -2.26. The predicted molar refractivity (Wildman–Crippen MR) is 92.7 cm³/mol. The van der Waals surface area contributed by atoms with Gasteiger partial charge in [-0.3, -0.25) is 19.8 Å². The number of benzene rings is 1. The van der Waals surface area contributed by atoms with Gasteiger partial charge in [-0.2, -0.15) is 0 Å². The maximum absolute atomic E-state index is 11.8. The molecule has 1 aliphatic heterocycles. The number of ether oxygens (including phenoxy) is 2. The van der Waals surface area contributed by atoms with Crippen molar-refractivity contribution in [3.63, 3.8) is 0 Å². The number of carbonyl (C=O) groups excluding carboxylic acids is 1. The van der Waals surface area contributed by atoms with E-state index in [-0.39, 0.29) is 24.0 Å². The fourth-order valence-electron chi connectivity index (χ4n) is 2.59. The molecule has 0 atom stereocenters. The molecule has 1 heterocycles. The van der Waals surface area contributed by atoms with E-state index in [1.54, 1.807) is 18.2 Å². The Balaban J connectivity index is 1.54. The first-order chi connectivity index (χ1) is 12.2. The number of carbonyl (C=O) groups is 1.